The third kappa shape index (κ3) is 3.14. The minimum absolute atomic E-state index is 0.313. The number of nitrogens with one attached hydrogen (secondary N) is 1. The number of nitrogens with zero attached hydrogens (tertiary/aromatic N) is 3. The molecule has 0 spiro atoms. The molecule has 0 aliphatic carbocycles. The van der Waals surface area contributed by atoms with Gasteiger partial charge < -0.3 is 5.32 Å². The summed E-state index contributed by atoms with van der Waals surface area (Å²) in [4.78, 5) is 4.65. The lowest BCUT2D eigenvalue weighted by atomic mass is 10.2. The molecule has 1 aromatic carbocycles. The summed E-state index contributed by atoms with van der Waals surface area (Å²) in [7, 11) is 0. The van der Waals surface area contributed by atoms with E-state index in [1.807, 2.05) is 16.9 Å². The van der Waals surface area contributed by atoms with Gasteiger partial charge in [0.2, 0.25) is 0 Å². The van der Waals surface area contributed by atoms with Crippen LogP contribution in [0.25, 0.3) is 10.2 Å². The first kappa shape index (κ1) is 14.2. The van der Waals surface area contributed by atoms with Crippen LogP contribution < -0.4 is 5.32 Å². The van der Waals surface area contributed by atoms with Gasteiger partial charge in [-0.3, -0.25) is 4.68 Å². The number of aromatic nitrogens is 3. The molecule has 0 amide bonds. The van der Waals surface area contributed by atoms with Crippen LogP contribution in [0.4, 0.5) is 0 Å². The maximum atomic E-state index is 4.65. The van der Waals surface area contributed by atoms with E-state index in [4.69, 9.17) is 0 Å². The van der Waals surface area contributed by atoms with E-state index in [1.165, 1.54) is 10.3 Å². The SMILES string of the molecule is Cc1cnn([C@@H](C)[C@H](C)NCc2nc3ccccc3s2)c1. The highest BCUT2D eigenvalue weighted by atomic mass is 32.1. The van der Waals surface area contributed by atoms with Crippen LogP contribution in [0, 0.1) is 6.92 Å². The molecule has 21 heavy (non-hydrogen) atoms. The average molecular weight is 300 g/mol. The molecule has 4 nitrogen and oxygen atoms in total. The van der Waals surface area contributed by atoms with Gasteiger partial charge in [0.15, 0.2) is 0 Å². The second-order valence-electron chi connectivity index (χ2n) is 5.48. The van der Waals surface area contributed by atoms with E-state index in [0.717, 1.165) is 17.1 Å². The number of aryl methyl sites for hydroxylation is 1. The van der Waals surface area contributed by atoms with Gasteiger partial charge in [0.1, 0.15) is 5.01 Å². The minimum Gasteiger partial charge on any atom is -0.306 e. The number of para-hydroxylation sites is 1. The molecule has 3 aromatic rings. The Morgan fingerprint density at radius 2 is 2.10 bits per heavy atom. The standard InChI is InChI=1S/C16H20N4S/c1-11-8-18-20(10-11)13(3)12(2)17-9-16-19-14-6-4-5-7-15(14)21-16/h4-8,10,12-13,17H,9H2,1-3H3/t12-,13-/m0/s1. The van der Waals surface area contributed by atoms with Crippen LogP contribution in [0.3, 0.4) is 0 Å². The van der Waals surface area contributed by atoms with Crippen LogP contribution in [0.2, 0.25) is 0 Å². The zero-order valence-corrected chi connectivity index (χ0v) is 13.4. The molecule has 0 aliphatic heterocycles. The van der Waals surface area contributed by atoms with Crippen LogP contribution >= 0.6 is 11.3 Å². The summed E-state index contributed by atoms with van der Waals surface area (Å²) in [6, 6.07) is 8.92. The van der Waals surface area contributed by atoms with Crippen molar-refractivity contribution < 1.29 is 0 Å². The third-order valence-corrected chi connectivity index (χ3v) is 4.82. The first-order valence-corrected chi connectivity index (χ1v) is 8.04. The summed E-state index contributed by atoms with van der Waals surface area (Å²) >= 11 is 1.75. The minimum atomic E-state index is 0.313. The summed E-state index contributed by atoms with van der Waals surface area (Å²) in [6.07, 6.45) is 3.98. The summed E-state index contributed by atoms with van der Waals surface area (Å²) in [5.74, 6) is 0. The average Bonchev–Trinajstić information content (AvgIpc) is 3.09. The molecule has 0 fully saturated rings. The molecule has 0 aliphatic rings. The van der Waals surface area contributed by atoms with Gasteiger partial charge in [-0.25, -0.2) is 4.98 Å². The molecule has 0 saturated carbocycles. The highest BCUT2D eigenvalue weighted by Crippen LogP contribution is 2.21. The van der Waals surface area contributed by atoms with Crippen molar-refractivity contribution in [3.63, 3.8) is 0 Å². The van der Waals surface area contributed by atoms with Crippen molar-refractivity contribution >= 4 is 21.6 Å². The summed E-state index contributed by atoms with van der Waals surface area (Å²) < 4.78 is 3.27. The number of fused-ring (bicyclic) bond motifs is 1. The third-order valence-electron chi connectivity index (χ3n) is 3.78. The highest BCUT2D eigenvalue weighted by Gasteiger charge is 2.15. The van der Waals surface area contributed by atoms with Gasteiger partial charge in [0, 0.05) is 18.8 Å². The number of thiazole rings is 1. The van der Waals surface area contributed by atoms with Gasteiger partial charge >= 0.3 is 0 Å². The fourth-order valence-electron chi connectivity index (χ4n) is 2.30. The number of hydrogen-bond acceptors (Lipinski definition) is 4. The Labute approximate surface area is 128 Å². The van der Waals surface area contributed by atoms with Gasteiger partial charge in [-0.2, -0.15) is 5.10 Å². The fraction of sp³-hybridized carbons (Fsp3) is 0.375. The maximum absolute atomic E-state index is 4.65. The molecule has 0 saturated heterocycles. The number of benzene rings is 1. The molecule has 2 aromatic heterocycles. The Kier molecular flexibility index (Phi) is 4.03. The highest BCUT2D eigenvalue weighted by molar-refractivity contribution is 7.18. The van der Waals surface area contributed by atoms with E-state index < -0.39 is 0 Å². The topological polar surface area (TPSA) is 42.7 Å². The first-order chi connectivity index (χ1) is 10.1. The van der Waals surface area contributed by atoms with E-state index in [2.05, 4.69) is 60.6 Å². The van der Waals surface area contributed by atoms with Crippen LogP contribution in [0.1, 0.15) is 30.5 Å². The van der Waals surface area contributed by atoms with Gasteiger partial charge in [0.25, 0.3) is 0 Å². The largest absolute Gasteiger partial charge is 0.306 e. The molecule has 110 valence electrons. The molecule has 2 atom stereocenters. The molecule has 0 radical (unpaired) electrons. The first-order valence-electron chi connectivity index (χ1n) is 7.22. The zero-order chi connectivity index (χ0) is 14.8. The Morgan fingerprint density at radius 1 is 1.29 bits per heavy atom. The van der Waals surface area contributed by atoms with E-state index in [0.29, 0.717) is 12.1 Å². The van der Waals surface area contributed by atoms with Crippen molar-refractivity contribution in [2.45, 2.75) is 39.4 Å². The van der Waals surface area contributed by atoms with E-state index >= 15 is 0 Å². The van der Waals surface area contributed by atoms with Crippen LogP contribution in [-0.4, -0.2) is 20.8 Å². The molecule has 0 bridgehead atoms. The lowest BCUT2D eigenvalue weighted by Crippen LogP contribution is -2.33. The predicted molar refractivity (Wildman–Crippen MR) is 87.6 cm³/mol. The molecular weight excluding hydrogens is 280 g/mol. The Morgan fingerprint density at radius 3 is 2.81 bits per heavy atom. The van der Waals surface area contributed by atoms with Gasteiger partial charge in [0.05, 0.1) is 22.5 Å². The number of rotatable bonds is 5. The van der Waals surface area contributed by atoms with Crippen LogP contribution in [0.15, 0.2) is 36.7 Å². The monoisotopic (exact) mass is 300 g/mol. The summed E-state index contributed by atoms with van der Waals surface area (Å²) in [5.41, 5.74) is 2.28. The summed E-state index contributed by atoms with van der Waals surface area (Å²) in [6.45, 7) is 7.23. The Bertz CT molecular complexity index is 698. The lowest BCUT2D eigenvalue weighted by Gasteiger charge is -2.21. The predicted octanol–water partition coefficient (Wildman–Crippen LogP) is 3.54. The van der Waals surface area contributed by atoms with Crippen LogP contribution in [-0.2, 0) is 6.54 Å². The molecular formula is C16H20N4S. The molecule has 3 rings (SSSR count). The quantitative estimate of drug-likeness (QED) is 0.783. The van der Waals surface area contributed by atoms with E-state index in [1.54, 1.807) is 11.3 Å². The lowest BCUT2D eigenvalue weighted by molar-refractivity contribution is 0.365. The molecule has 2 heterocycles. The Balaban J connectivity index is 1.63. The van der Waals surface area contributed by atoms with Crippen molar-refractivity contribution in [1.82, 2.24) is 20.1 Å². The smallest absolute Gasteiger partial charge is 0.108 e. The second kappa shape index (κ2) is 5.95. The second-order valence-corrected chi connectivity index (χ2v) is 6.60. The van der Waals surface area contributed by atoms with Crippen molar-refractivity contribution in [1.29, 1.82) is 0 Å². The van der Waals surface area contributed by atoms with Crippen molar-refractivity contribution in [3.05, 3.63) is 47.2 Å². The van der Waals surface area contributed by atoms with Gasteiger partial charge in [-0.05, 0) is 38.5 Å². The molecule has 5 heteroatoms. The summed E-state index contributed by atoms with van der Waals surface area (Å²) in [5, 5.41) is 9.08. The molecule has 0 unspecified atom stereocenters. The van der Waals surface area contributed by atoms with E-state index in [-0.39, 0.29) is 0 Å². The van der Waals surface area contributed by atoms with Crippen molar-refractivity contribution in [2.75, 3.05) is 0 Å². The van der Waals surface area contributed by atoms with E-state index in [9.17, 15) is 0 Å². The maximum Gasteiger partial charge on any atom is 0.108 e. The zero-order valence-electron chi connectivity index (χ0n) is 12.6. The Hall–Kier alpha value is -1.72. The normalized spacial score (nSPS) is 14.4. The van der Waals surface area contributed by atoms with Gasteiger partial charge in [-0.15, -0.1) is 11.3 Å². The van der Waals surface area contributed by atoms with Crippen molar-refractivity contribution in [3.8, 4) is 0 Å². The van der Waals surface area contributed by atoms with Gasteiger partial charge in [-0.1, -0.05) is 12.1 Å². The van der Waals surface area contributed by atoms with Crippen molar-refractivity contribution in [2.24, 2.45) is 0 Å². The fourth-order valence-corrected chi connectivity index (χ4v) is 3.22. The molecule has 1 N–H and O–H groups in total. The number of hydrogen-bond donors (Lipinski definition) is 1. The van der Waals surface area contributed by atoms with Crippen LogP contribution in [0.5, 0.6) is 0 Å².